The van der Waals surface area contributed by atoms with E-state index < -0.39 is 0 Å². The topological polar surface area (TPSA) is 70.2 Å². The number of Topliss-reactive ketones (excluding diaryl/α,β-unsaturated/α-hetero) is 1. The number of carbonyl (C=O) groups is 2. The minimum Gasteiger partial charge on any atom is -0.326 e. The van der Waals surface area contributed by atoms with Crippen LogP contribution in [0.3, 0.4) is 0 Å². The molecule has 3 N–H and O–H groups in total. The van der Waals surface area contributed by atoms with Gasteiger partial charge in [-0.25, -0.2) is 0 Å². The molecule has 1 unspecified atom stereocenters. The Morgan fingerprint density at radius 2 is 1.92 bits per heavy atom. The standard InChI is InChI=1S/C19H20ClN3O2/c20-15-6-4-13(5-7-15)18(24)8-9-19(25)22-16-3-1-2-14(12-16)17-10-11-21-23-17/h1-7,12,17,21,23H,8-11H2,(H,22,25). The average molecular weight is 358 g/mol. The molecule has 1 fully saturated rings. The third kappa shape index (κ3) is 4.89. The third-order valence-electron chi connectivity index (χ3n) is 4.15. The fraction of sp³-hybridized carbons (Fsp3) is 0.263. The molecule has 0 spiro atoms. The predicted octanol–water partition coefficient (Wildman–Crippen LogP) is 3.48. The van der Waals surface area contributed by atoms with E-state index in [2.05, 4.69) is 16.2 Å². The molecular formula is C19H20ClN3O2. The van der Waals surface area contributed by atoms with Crippen LogP contribution in [0.2, 0.25) is 5.02 Å². The van der Waals surface area contributed by atoms with Crippen molar-refractivity contribution >= 4 is 29.0 Å². The van der Waals surface area contributed by atoms with Gasteiger partial charge < -0.3 is 5.32 Å². The zero-order chi connectivity index (χ0) is 17.6. The van der Waals surface area contributed by atoms with E-state index in [-0.39, 0.29) is 30.6 Å². The van der Waals surface area contributed by atoms with Crippen LogP contribution in [-0.4, -0.2) is 18.2 Å². The molecule has 2 aromatic carbocycles. The Morgan fingerprint density at radius 1 is 1.12 bits per heavy atom. The van der Waals surface area contributed by atoms with Gasteiger partial charge >= 0.3 is 0 Å². The maximum atomic E-state index is 12.1. The van der Waals surface area contributed by atoms with E-state index >= 15 is 0 Å². The molecular weight excluding hydrogens is 338 g/mol. The van der Waals surface area contributed by atoms with E-state index in [0.29, 0.717) is 10.6 Å². The maximum absolute atomic E-state index is 12.1. The zero-order valence-electron chi connectivity index (χ0n) is 13.7. The van der Waals surface area contributed by atoms with Gasteiger partial charge in [0.15, 0.2) is 5.78 Å². The normalized spacial score (nSPS) is 16.6. The van der Waals surface area contributed by atoms with Gasteiger partial charge in [-0.1, -0.05) is 23.7 Å². The SMILES string of the molecule is O=C(CCC(=O)c1ccc(Cl)cc1)Nc1cccc(C2CCNN2)c1. The van der Waals surface area contributed by atoms with Gasteiger partial charge in [0.2, 0.25) is 5.91 Å². The molecule has 1 heterocycles. The zero-order valence-corrected chi connectivity index (χ0v) is 14.5. The Morgan fingerprint density at radius 3 is 2.64 bits per heavy atom. The molecule has 0 aliphatic carbocycles. The number of halogens is 1. The van der Waals surface area contributed by atoms with Crippen LogP contribution in [0.15, 0.2) is 48.5 Å². The van der Waals surface area contributed by atoms with Gasteiger partial charge in [-0.3, -0.25) is 20.4 Å². The Hall–Kier alpha value is -2.21. The highest BCUT2D eigenvalue weighted by Gasteiger charge is 2.16. The van der Waals surface area contributed by atoms with Crippen molar-refractivity contribution in [3.63, 3.8) is 0 Å². The Bertz CT molecular complexity index is 756. The molecule has 1 aliphatic heterocycles. The van der Waals surface area contributed by atoms with E-state index in [1.807, 2.05) is 24.3 Å². The summed E-state index contributed by atoms with van der Waals surface area (Å²) in [6, 6.07) is 14.7. The first-order chi connectivity index (χ1) is 12.1. The summed E-state index contributed by atoms with van der Waals surface area (Å²) in [5.41, 5.74) is 8.74. The maximum Gasteiger partial charge on any atom is 0.224 e. The second-order valence-corrected chi connectivity index (χ2v) is 6.45. The quantitative estimate of drug-likeness (QED) is 0.692. The summed E-state index contributed by atoms with van der Waals surface area (Å²) in [5.74, 6) is -0.237. The molecule has 2 aromatic rings. The second-order valence-electron chi connectivity index (χ2n) is 6.02. The number of hydrogen-bond acceptors (Lipinski definition) is 4. The number of rotatable bonds is 6. The highest BCUT2D eigenvalue weighted by atomic mass is 35.5. The fourth-order valence-corrected chi connectivity index (χ4v) is 2.92. The molecule has 1 amide bonds. The second kappa shape index (κ2) is 8.25. The first-order valence-corrected chi connectivity index (χ1v) is 8.66. The highest BCUT2D eigenvalue weighted by molar-refractivity contribution is 6.30. The minimum absolute atomic E-state index is 0.0678. The molecule has 1 aliphatic rings. The van der Waals surface area contributed by atoms with Crippen molar-refractivity contribution in [1.29, 1.82) is 0 Å². The lowest BCUT2D eigenvalue weighted by molar-refractivity contribution is -0.116. The van der Waals surface area contributed by atoms with Crippen LogP contribution in [0.5, 0.6) is 0 Å². The molecule has 1 saturated heterocycles. The van der Waals surface area contributed by atoms with Crippen molar-refractivity contribution in [2.45, 2.75) is 25.3 Å². The summed E-state index contributed by atoms with van der Waals surface area (Å²) in [7, 11) is 0. The van der Waals surface area contributed by atoms with Gasteiger partial charge in [0.25, 0.3) is 0 Å². The largest absolute Gasteiger partial charge is 0.326 e. The minimum atomic E-state index is -0.169. The summed E-state index contributed by atoms with van der Waals surface area (Å²) in [4.78, 5) is 24.2. The number of amides is 1. The Labute approximate surface area is 151 Å². The van der Waals surface area contributed by atoms with E-state index in [0.717, 1.165) is 24.2 Å². The molecule has 0 bridgehead atoms. The summed E-state index contributed by atoms with van der Waals surface area (Å²) < 4.78 is 0. The smallest absolute Gasteiger partial charge is 0.224 e. The van der Waals surface area contributed by atoms with Crippen molar-refractivity contribution in [2.75, 3.05) is 11.9 Å². The van der Waals surface area contributed by atoms with Gasteiger partial charge in [0, 0.05) is 41.7 Å². The van der Waals surface area contributed by atoms with E-state index in [4.69, 9.17) is 11.6 Å². The van der Waals surface area contributed by atoms with Crippen molar-refractivity contribution in [1.82, 2.24) is 10.9 Å². The number of ketones is 1. The van der Waals surface area contributed by atoms with Crippen LogP contribution in [0.1, 0.15) is 41.2 Å². The number of nitrogens with one attached hydrogen (secondary N) is 3. The van der Waals surface area contributed by atoms with Crippen molar-refractivity contribution in [3.8, 4) is 0 Å². The number of anilines is 1. The van der Waals surface area contributed by atoms with Gasteiger partial charge in [0.05, 0.1) is 0 Å². The lowest BCUT2D eigenvalue weighted by Gasteiger charge is -2.12. The highest BCUT2D eigenvalue weighted by Crippen LogP contribution is 2.22. The van der Waals surface area contributed by atoms with Gasteiger partial charge in [0.1, 0.15) is 0 Å². The van der Waals surface area contributed by atoms with Crippen LogP contribution in [0, 0.1) is 0 Å². The van der Waals surface area contributed by atoms with Crippen LogP contribution in [0.25, 0.3) is 0 Å². The predicted molar refractivity (Wildman–Crippen MR) is 98.6 cm³/mol. The van der Waals surface area contributed by atoms with Crippen molar-refractivity contribution < 1.29 is 9.59 Å². The average Bonchev–Trinajstić information content (AvgIpc) is 3.15. The third-order valence-corrected chi connectivity index (χ3v) is 4.40. The summed E-state index contributed by atoms with van der Waals surface area (Å²) >= 11 is 5.81. The molecule has 3 rings (SSSR count). The fourth-order valence-electron chi connectivity index (χ4n) is 2.80. The van der Waals surface area contributed by atoms with Gasteiger partial charge in [-0.05, 0) is 48.4 Å². The lowest BCUT2D eigenvalue weighted by atomic mass is 10.0. The molecule has 0 aromatic heterocycles. The van der Waals surface area contributed by atoms with E-state index in [9.17, 15) is 9.59 Å². The van der Waals surface area contributed by atoms with E-state index in [1.165, 1.54) is 0 Å². The Balaban J connectivity index is 1.53. The first-order valence-electron chi connectivity index (χ1n) is 8.29. The van der Waals surface area contributed by atoms with Gasteiger partial charge in [-0.15, -0.1) is 0 Å². The summed E-state index contributed by atoms with van der Waals surface area (Å²) in [6.45, 7) is 0.925. The van der Waals surface area contributed by atoms with Crippen LogP contribution in [0.4, 0.5) is 5.69 Å². The number of carbonyl (C=O) groups excluding carboxylic acids is 2. The first kappa shape index (κ1) is 17.6. The van der Waals surface area contributed by atoms with Crippen molar-refractivity contribution in [2.24, 2.45) is 0 Å². The molecule has 130 valence electrons. The molecule has 6 heteroatoms. The van der Waals surface area contributed by atoms with Crippen LogP contribution < -0.4 is 16.2 Å². The molecule has 0 radical (unpaired) electrons. The molecule has 1 atom stereocenters. The van der Waals surface area contributed by atoms with E-state index in [1.54, 1.807) is 24.3 Å². The molecule has 5 nitrogen and oxygen atoms in total. The van der Waals surface area contributed by atoms with Gasteiger partial charge in [-0.2, -0.15) is 0 Å². The number of hydrazine groups is 1. The van der Waals surface area contributed by atoms with Crippen molar-refractivity contribution in [3.05, 3.63) is 64.7 Å². The number of hydrogen-bond donors (Lipinski definition) is 3. The lowest BCUT2D eigenvalue weighted by Crippen LogP contribution is -2.24. The molecule has 0 saturated carbocycles. The monoisotopic (exact) mass is 357 g/mol. The van der Waals surface area contributed by atoms with Crippen LogP contribution >= 0.6 is 11.6 Å². The molecule has 25 heavy (non-hydrogen) atoms. The summed E-state index contributed by atoms with van der Waals surface area (Å²) in [6.07, 6.45) is 1.32. The summed E-state index contributed by atoms with van der Waals surface area (Å²) in [5, 5.41) is 3.45. The Kier molecular flexibility index (Phi) is 5.81. The number of benzene rings is 2. The van der Waals surface area contributed by atoms with Crippen LogP contribution in [-0.2, 0) is 4.79 Å².